The number of methoxy groups -OCH3 is 1. The summed E-state index contributed by atoms with van der Waals surface area (Å²) in [6.07, 6.45) is 0. The van der Waals surface area contributed by atoms with Crippen molar-refractivity contribution in [2.24, 2.45) is 5.73 Å². The number of carbonyl (C=O) groups is 2. The molecule has 1 rings (SSSR count). The third-order valence-corrected chi connectivity index (χ3v) is 2.46. The van der Waals surface area contributed by atoms with Crippen LogP contribution < -0.4 is 21.1 Å². The molecule has 0 saturated carbocycles. The SMILES string of the molecule is COc1ccc(NC(=O)C(=O)NCC(N)=S)c(C)c1. The molecule has 0 aliphatic rings. The third-order valence-electron chi connectivity index (χ3n) is 2.31. The Morgan fingerprint density at radius 2 is 2.05 bits per heavy atom. The van der Waals surface area contributed by atoms with Crippen LogP contribution in [0.1, 0.15) is 5.56 Å². The van der Waals surface area contributed by atoms with E-state index in [1.165, 1.54) is 0 Å². The lowest BCUT2D eigenvalue weighted by Gasteiger charge is -2.09. The molecule has 0 saturated heterocycles. The maximum atomic E-state index is 11.6. The van der Waals surface area contributed by atoms with Gasteiger partial charge in [-0.1, -0.05) is 12.2 Å². The number of nitrogens with two attached hydrogens (primary N) is 1. The van der Waals surface area contributed by atoms with Crippen molar-refractivity contribution in [3.8, 4) is 5.75 Å². The molecule has 0 aliphatic heterocycles. The number of amides is 2. The van der Waals surface area contributed by atoms with E-state index < -0.39 is 11.8 Å². The van der Waals surface area contributed by atoms with Gasteiger partial charge >= 0.3 is 11.8 Å². The van der Waals surface area contributed by atoms with Gasteiger partial charge in [-0.2, -0.15) is 0 Å². The Kier molecular flexibility index (Phi) is 5.25. The fourth-order valence-corrected chi connectivity index (χ4v) is 1.40. The maximum absolute atomic E-state index is 11.6. The van der Waals surface area contributed by atoms with Crippen LogP contribution in [0.25, 0.3) is 0 Å². The van der Waals surface area contributed by atoms with Crippen molar-refractivity contribution < 1.29 is 14.3 Å². The average Bonchev–Trinajstić information content (AvgIpc) is 2.37. The molecule has 7 heteroatoms. The Balaban J connectivity index is 2.66. The van der Waals surface area contributed by atoms with Crippen LogP contribution in [0, 0.1) is 6.92 Å². The summed E-state index contributed by atoms with van der Waals surface area (Å²) in [7, 11) is 1.55. The fourth-order valence-electron chi connectivity index (χ4n) is 1.33. The van der Waals surface area contributed by atoms with E-state index in [0.29, 0.717) is 11.4 Å². The molecule has 1 aromatic carbocycles. The molecular formula is C12H15N3O3S. The molecule has 2 amide bonds. The number of nitrogens with one attached hydrogen (secondary N) is 2. The lowest BCUT2D eigenvalue weighted by atomic mass is 10.2. The number of anilines is 1. The number of hydrogen-bond acceptors (Lipinski definition) is 4. The van der Waals surface area contributed by atoms with E-state index in [4.69, 9.17) is 10.5 Å². The second-order valence-electron chi connectivity index (χ2n) is 3.78. The van der Waals surface area contributed by atoms with Crippen LogP contribution in [-0.4, -0.2) is 30.5 Å². The minimum absolute atomic E-state index is 0.0107. The first-order valence-electron chi connectivity index (χ1n) is 5.46. The first-order valence-corrected chi connectivity index (χ1v) is 5.87. The lowest BCUT2D eigenvalue weighted by molar-refractivity contribution is -0.135. The van der Waals surface area contributed by atoms with Gasteiger partial charge in [-0.05, 0) is 30.7 Å². The minimum Gasteiger partial charge on any atom is -0.497 e. The van der Waals surface area contributed by atoms with Gasteiger partial charge in [-0.3, -0.25) is 9.59 Å². The normalized spacial score (nSPS) is 9.58. The van der Waals surface area contributed by atoms with Gasteiger partial charge in [-0.15, -0.1) is 0 Å². The van der Waals surface area contributed by atoms with E-state index >= 15 is 0 Å². The molecule has 19 heavy (non-hydrogen) atoms. The molecule has 1 aromatic rings. The first kappa shape index (κ1) is 14.9. The Morgan fingerprint density at radius 3 is 2.58 bits per heavy atom. The van der Waals surface area contributed by atoms with Crippen molar-refractivity contribution >= 4 is 34.7 Å². The van der Waals surface area contributed by atoms with Gasteiger partial charge in [0.1, 0.15) is 5.75 Å². The van der Waals surface area contributed by atoms with Crippen molar-refractivity contribution in [1.82, 2.24) is 5.32 Å². The van der Waals surface area contributed by atoms with Gasteiger partial charge in [0, 0.05) is 5.69 Å². The Morgan fingerprint density at radius 1 is 1.37 bits per heavy atom. The quantitative estimate of drug-likeness (QED) is 0.547. The van der Waals surface area contributed by atoms with Crippen molar-refractivity contribution in [2.75, 3.05) is 19.0 Å². The molecule has 0 aliphatic carbocycles. The predicted octanol–water partition coefficient (Wildman–Crippen LogP) is 0.344. The number of rotatable bonds is 4. The number of ether oxygens (including phenoxy) is 1. The van der Waals surface area contributed by atoms with E-state index in [2.05, 4.69) is 22.9 Å². The third kappa shape index (κ3) is 4.55. The molecule has 0 radical (unpaired) electrons. The zero-order valence-corrected chi connectivity index (χ0v) is 11.5. The second kappa shape index (κ2) is 6.69. The predicted molar refractivity (Wildman–Crippen MR) is 76.2 cm³/mol. The zero-order chi connectivity index (χ0) is 14.4. The van der Waals surface area contributed by atoms with Gasteiger partial charge in [0.05, 0.1) is 18.6 Å². The van der Waals surface area contributed by atoms with Gasteiger partial charge in [0.25, 0.3) is 0 Å². The highest BCUT2D eigenvalue weighted by Gasteiger charge is 2.14. The number of carbonyl (C=O) groups excluding carboxylic acids is 2. The van der Waals surface area contributed by atoms with Crippen LogP contribution in [0.2, 0.25) is 0 Å². The Labute approximate surface area is 116 Å². The number of hydrogen-bond donors (Lipinski definition) is 3. The summed E-state index contributed by atoms with van der Waals surface area (Å²) in [5, 5.41) is 4.80. The molecular weight excluding hydrogens is 266 g/mol. The summed E-state index contributed by atoms with van der Waals surface area (Å²) in [5.74, 6) is -0.888. The molecule has 0 heterocycles. The molecule has 0 atom stereocenters. The van der Waals surface area contributed by atoms with Crippen molar-refractivity contribution in [3.63, 3.8) is 0 Å². The minimum atomic E-state index is -0.789. The highest BCUT2D eigenvalue weighted by Crippen LogP contribution is 2.20. The van der Waals surface area contributed by atoms with E-state index in [1.54, 1.807) is 32.2 Å². The number of aryl methyl sites for hydroxylation is 1. The molecule has 0 aromatic heterocycles. The highest BCUT2D eigenvalue weighted by atomic mass is 32.1. The molecule has 4 N–H and O–H groups in total. The van der Waals surface area contributed by atoms with Crippen molar-refractivity contribution in [2.45, 2.75) is 6.92 Å². The van der Waals surface area contributed by atoms with Crippen LogP contribution in [0.15, 0.2) is 18.2 Å². The topological polar surface area (TPSA) is 93.4 Å². The summed E-state index contributed by atoms with van der Waals surface area (Å²) < 4.78 is 5.05. The van der Waals surface area contributed by atoms with Gasteiger partial charge in [-0.25, -0.2) is 0 Å². The monoisotopic (exact) mass is 281 g/mol. The van der Waals surface area contributed by atoms with Gasteiger partial charge < -0.3 is 21.1 Å². The summed E-state index contributed by atoms with van der Waals surface area (Å²) >= 11 is 4.60. The Hall–Kier alpha value is -2.15. The summed E-state index contributed by atoms with van der Waals surface area (Å²) in [6.45, 7) is 1.79. The van der Waals surface area contributed by atoms with Gasteiger partial charge in [0.2, 0.25) is 0 Å². The van der Waals surface area contributed by atoms with Crippen LogP contribution in [-0.2, 0) is 9.59 Å². The maximum Gasteiger partial charge on any atom is 0.313 e. The number of thiocarbonyl (C=S) groups is 1. The number of benzene rings is 1. The van der Waals surface area contributed by atoms with E-state index in [0.717, 1.165) is 5.56 Å². The summed E-state index contributed by atoms with van der Waals surface area (Å²) in [4.78, 5) is 23.1. The molecule has 0 spiro atoms. The zero-order valence-electron chi connectivity index (χ0n) is 10.6. The average molecular weight is 281 g/mol. The van der Waals surface area contributed by atoms with Gasteiger partial charge in [0.15, 0.2) is 0 Å². The molecule has 6 nitrogen and oxygen atoms in total. The van der Waals surface area contributed by atoms with E-state index in [1.807, 2.05) is 0 Å². The second-order valence-corrected chi connectivity index (χ2v) is 4.31. The van der Waals surface area contributed by atoms with E-state index in [9.17, 15) is 9.59 Å². The smallest absolute Gasteiger partial charge is 0.313 e. The van der Waals surface area contributed by atoms with E-state index in [-0.39, 0.29) is 11.5 Å². The van der Waals surface area contributed by atoms with Crippen molar-refractivity contribution in [3.05, 3.63) is 23.8 Å². The summed E-state index contributed by atoms with van der Waals surface area (Å²) in [5.41, 5.74) is 6.55. The standard InChI is InChI=1S/C12H15N3O3S/c1-7-5-8(18-2)3-4-9(7)15-12(17)11(16)14-6-10(13)19/h3-5H,6H2,1-2H3,(H2,13,19)(H,14,16)(H,15,17). The lowest BCUT2D eigenvalue weighted by Crippen LogP contribution is -2.39. The van der Waals surface area contributed by atoms with Crippen LogP contribution in [0.4, 0.5) is 5.69 Å². The highest BCUT2D eigenvalue weighted by molar-refractivity contribution is 7.80. The Bertz CT molecular complexity index is 517. The largest absolute Gasteiger partial charge is 0.497 e. The van der Waals surface area contributed by atoms with Crippen LogP contribution in [0.3, 0.4) is 0 Å². The molecule has 0 fully saturated rings. The molecule has 102 valence electrons. The molecule has 0 bridgehead atoms. The van der Waals surface area contributed by atoms with Crippen LogP contribution in [0.5, 0.6) is 5.75 Å². The summed E-state index contributed by atoms with van der Waals surface area (Å²) in [6, 6.07) is 5.10. The van der Waals surface area contributed by atoms with Crippen molar-refractivity contribution in [1.29, 1.82) is 0 Å². The molecule has 0 unspecified atom stereocenters. The fraction of sp³-hybridized carbons (Fsp3) is 0.250. The first-order chi connectivity index (χ1) is 8.93. The van der Waals surface area contributed by atoms with Crippen LogP contribution >= 0.6 is 12.2 Å².